The average molecular weight is 1590 g/mol. The van der Waals surface area contributed by atoms with Crippen molar-refractivity contribution >= 4 is 111 Å². The van der Waals surface area contributed by atoms with E-state index in [-0.39, 0.29) is 12.5 Å². The van der Waals surface area contributed by atoms with Crippen LogP contribution in [0.4, 0.5) is 43.7 Å². The Bertz CT molecular complexity index is 4720. The van der Waals surface area contributed by atoms with E-state index in [4.69, 9.17) is 9.97 Å². The zero-order valence-corrected chi connectivity index (χ0v) is 69.5. The molecule has 0 spiro atoms. The molecule has 18 nitrogen and oxygen atoms in total. The molecule has 19 rings (SSSR count). The molecule has 594 valence electrons. The zero-order valence-electron chi connectivity index (χ0n) is 66.3. The first-order valence-electron chi connectivity index (χ1n) is 42.1. The fraction of sp³-hybridized carbons (Fsp3) is 0.557. The maximum atomic E-state index is 13.9. The van der Waals surface area contributed by atoms with Gasteiger partial charge in [-0.3, -0.25) is 9.88 Å². The summed E-state index contributed by atoms with van der Waals surface area (Å²) in [6, 6.07) is 27.2. The maximum absolute atomic E-state index is 13.9. The van der Waals surface area contributed by atoms with Crippen LogP contribution in [0.1, 0.15) is 202 Å². The van der Waals surface area contributed by atoms with Crippen LogP contribution in [0, 0.1) is 5.82 Å². The van der Waals surface area contributed by atoms with Gasteiger partial charge in [0, 0.05) is 110 Å². The number of anilines is 6. The van der Waals surface area contributed by atoms with Crippen molar-refractivity contribution in [2.24, 2.45) is 0 Å². The number of thioether (sulfide) groups is 1. The number of nitrogens with zero attached hydrogens (tertiary/aromatic N) is 13. The number of nitrogens with one attached hydrogen (secondary N) is 5. The van der Waals surface area contributed by atoms with E-state index in [0.717, 1.165) is 131 Å². The number of aryl methyl sites for hydroxylation is 7. The summed E-state index contributed by atoms with van der Waals surface area (Å²) in [4.78, 5) is 58.4. The van der Waals surface area contributed by atoms with E-state index >= 15 is 0 Å². The Morgan fingerprint density at radius 2 is 0.955 bits per heavy atom. The molecule has 0 amide bonds. The number of pyridine rings is 1. The molecule has 5 N–H and O–H groups in total. The molecule has 5 saturated carbocycles. The molecular formula is C88H114F2N18S4. The fourth-order valence-corrected chi connectivity index (χ4v) is 24.7. The first kappa shape index (κ1) is 78.7. The number of para-hydroxylation sites is 1. The molecule has 5 fully saturated rings. The van der Waals surface area contributed by atoms with E-state index in [1.54, 1.807) is 31.2 Å². The van der Waals surface area contributed by atoms with Gasteiger partial charge >= 0.3 is 0 Å². The summed E-state index contributed by atoms with van der Waals surface area (Å²) in [5.41, 5.74) is 9.07. The summed E-state index contributed by atoms with van der Waals surface area (Å²) in [6.07, 6.45) is 44.2. The van der Waals surface area contributed by atoms with Crippen LogP contribution >= 0.6 is 45.8 Å². The summed E-state index contributed by atoms with van der Waals surface area (Å²) >= 11 is 7.52. The second-order valence-corrected chi connectivity index (χ2v) is 37.7. The van der Waals surface area contributed by atoms with Crippen LogP contribution in [-0.2, 0) is 51.5 Å². The highest BCUT2D eigenvalue weighted by Crippen LogP contribution is 2.55. The van der Waals surface area contributed by atoms with Crippen molar-refractivity contribution in [1.29, 1.82) is 0 Å². The fourth-order valence-electron chi connectivity index (χ4n) is 19.4. The van der Waals surface area contributed by atoms with E-state index < -0.39 is 0 Å². The average Bonchev–Trinajstić information content (AvgIpc) is 1.62. The van der Waals surface area contributed by atoms with Gasteiger partial charge in [-0.25, -0.2) is 43.7 Å². The lowest BCUT2D eigenvalue weighted by molar-refractivity contribution is 0.174. The summed E-state index contributed by atoms with van der Waals surface area (Å²) in [6.45, 7) is 2.12. The highest BCUT2D eigenvalue weighted by Gasteiger charge is 2.41. The lowest BCUT2D eigenvalue weighted by Gasteiger charge is -2.35. The van der Waals surface area contributed by atoms with Crippen LogP contribution in [0.15, 0.2) is 103 Å². The molecule has 9 aliphatic rings. The Labute approximate surface area is 677 Å². The number of fused-ring (bicyclic) bond motifs is 12. The second kappa shape index (κ2) is 37.2. The molecule has 1 aliphatic heterocycles. The molecule has 9 heterocycles. The third-order valence-electron chi connectivity index (χ3n) is 25.8. The Morgan fingerprint density at radius 3 is 1.51 bits per heavy atom. The Balaban J connectivity index is 0.000000113. The summed E-state index contributed by atoms with van der Waals surface area (Å²) in [7, 11) is 10.9. The maximum Gasteiger partial charge on any atom is 0.230 e. The first-order valence-corrected chi connectivity index (χ1v) is 45.4. The largest absolute Gasteiger partial charge is 0.367 e. The van der Waals surface area contributed by atoms with E-state index in [1.165, 1.54) is 198 Å². The van der Waals surface area contributed by atoms with Gasteiger partial charge in [-0.15, -0.1) is 45.8 Å². The monoisotopic (exact) mass is 1590 g/mol. The zero-order chi connectivity index (χ0) is 76.4. The number of halogens is 2. The van der Waals surface area contributed by atoms with Crippen LogP contribution in [0.25, 0.3) is 30.6 Å². The van der Waals surface area contributed by atoms with Crippen molar-refractivity contribution < 1.29 is 8.78 Å². The third kappa shape index (κ3) is 18.7. The molecule has 2 aromatic carbocycles. The second-order valence-electron chi connectivity index (χ2n) is 33.3. The van der Waals surface area contributed by atoms with Crippen molar-refractivity contribution in [3.05, 3.63) is 152 Å². The van der Waals surface area contributed by atoms with Gasteiger partial charge in [0.2, 0.25) is 5.95 Å². The van der Waals surface area contributed by atoms with Crippen LogP contribution in [0.2, 0.25) is 0 Å². The van der Waals surface area contributed by atoms with Gasteiger partial charge in [-0.05, 0) is 268 Å². The van der Waals surface area contributed by atoms with Gasteiger partial charge in [-0.2, -0.15) is 4.98 Å². The third-order valence-corrected chi connectivity index (χ3v) is 30.8. The number of thiophene rings is 3. The van der Waals surface area contributed by atoms with Crippen LogP contribution in [-0.4, -0.2) is 173 Å². The molecule has 8 aromatic heterocycles. The Morgan fingerprint density at radius 1 is 0.464 bits per heavy atom. The smallest absolute Gasteiger partial charge is 0.230 e. The van der Waals surface area contributed by atoms with E-state index in [1.807, 2.05) is 71.0 Å². The Hall–Kier alpha value is -7.16. The Kier molecular flexibility index (Phi) is 26.1. The van der Waals surface area contributed by atoms with Crippen molar-refractivity contribution in [3.8, 4) is 0 Å². The number of aromatic nitrogens is 9. The van der Waals surface area contributed by atoms with E-state index in [9.17, 15) is 8.78 Å². The molecular weight excluding hydrogens is 1480 g/mol. The normalized spacial score (nSPS) is 23.7. The van der Waals surface area contributed by atoms with Crippen molar-refractivity contribution in [2.45, 2.75) is 264 Å². The highest BCUT2D eigenvalue weighted by atomic mass is 32.2. The van der Waals surface area contributed by atoms with Crippen LogP contribution in [0.3, 0.4) is 0 Å². The SMILES string of the molecule is CN(C)C1CCC(Nc2nc(Nc3ccccc3)nc3sc4c(c23)CCC4)CC1.CN(CCCc1ccccc1)C1CCC(Nc2ncnc3c2C2CCCC2S3)CC1.CN(CCF)C1CCC(Nc2ncnc3sc4c(c23)CCC4)CC1.CN(Cc1ccncc1F)C1CCC(Nc2ncnc3sc4c(c23)CCC4)CC1. The molecule has 10 aromatic rings. The topological polar surface area (TPSA) is 189 Å². The predicted molar refractivity (Wildman–Crippen MR) is 460 cm³/mol. The lowest BCUT2D eigenvalue weighted by atomic mass is 9.89. The van der Waals surface area contributed by atoms with Crippen molar-refractivity contribution in [2.75, 3.05) is 81.6 Å². The standard InChI is InChI=1S/C25H34N4S.C23H29N5S.C22H26FN5S.C18H25FN4S/c1-29(16-6-9-18-7-3-2-4-8-18)20-14-12-19(13-15-20)28-24-23-21-10-5-11-22(21)30-25(23)27-17-26-24;1-28(2)17-13-11-16(12-14-17)24-21-20-18-9-6-10-19(18)29-22(20)27-23(26-21)25-15-7-4-3-5-8-15;1-28(12-14-9-10-24-11-18(14)23)16-7-5-15(6-8-16)27-21-20-17-3-2-4-19(17)29-22(20)26-13-25-21;1-23(10-9-19)13-7-5-12(6-8-13)22-17-16-14-3-2-4-15(14)24-18(16)21-11-20-17/h2-4,7-8,17,19-22H,5-6,9-16H2,1H3,(H,26,27,28);3-5,7-8,16-17H,6,9-14H2,1-2H3,(H2,24,25,26,27);9-11,13,15-16H,2-8,12H2,1H3,(H,25,26,27);11-13H,2-10H2,1H3,(H,20,21,22). The molecule has 112 heavy (non-hydrogen) atoms. The quantitative estimate of drug-likeness (QED) is 0.0403. The van der Waals surface area contributed by atoms with Crippen molar-refractivity contribution in [1.82, 2.24) is 64.5 Å². The van der Waals surface area contributed by atoms with E-state index in [2.05, 4.69) is 152 Å². The van der Waals surface area contributed by atoms with Crippen molar-refractivity contribution in [3.63, 3.8) is 0 Å². The van der Waals surface area contributed by atoms with Gasteiger partial charge in [0.05, 0.1) is 22.4 Å². The van der Waals surface area contributed by atoms with Gasteiger partial charge in [0.25, 0.3) is 0 Å². The minimum atomic E-state index is -0.253. The number of alkyl halides is 1. The first-order chi connectivity index (χ1) is 54.9. The number of hydrogen-bond donors (Lipinski definition) is 5. The van der Waals surface area contributed by atoms with Crippen LogP contribution < -0.4 is 26.6 Å². The minimum absolute atomic E-state index is 0.217. The minimum Gasteiger partial charge on any atom is -0.367 e. The molecule has 2 unspecified atom stereocenters. The number of hydrogen-bond acceptors (Lipinski definition) is 22. The molecule has 24 heteroatoms. The predicted octanol–water partition coefficient (Wildman–Crippen LogP) is 19.1. The summed E-state index contributed by atoms with van der Waals surface area (Å²) in [5.74, 6) is 5.37. The van der Waals surface area contributed by atoms with Gasteiger partial charge < -0.3 is 41.3 Å². The van der Waals surface area contributed by atoms with Crippen LogP contribution in [0.5, 0.6) is 0 Å². The van der Waals surface area contributed by atoms with Gasteiger partial charge in [0.1, 0.15) is 74.3 Å². The molecule has 0 saturated heterocycles. The number of rotatable bonds is 22. The molecule has 0 radical (unpaired) electrons. The summed E-state index contributed by atoms with van der Waals surface area (Å²) in [5, 5.41) is 24.3. The number of benzene rings is 2. The molecule has 8 aliphatic carbocycles. The van der Waals surface area contributed by atoms with Gasteiger partial charge in [0.15, 0.2) is 0 Å². The highest BCUT2D eigenvalue weighted by molar-refractivity contribution is 8.00. The summed E-state index contributed by atoms with van der Waals surface area (Å²) < 4.78 is 26.4. The molecule has 2 atom stereocenters. The lowest BCUT2D eigenvalue weighted by Crippen LogP contribution is -2.39. The van der Waals surface area contributed by atoms with E-state index in [0.29, 0.717) is 67.2 Å². The van der Waals surface area contributed by atoms with Gasteiger partial charge in [-0.1, -0.05) is 55.0 Å². The molecule has 0 bridgehead atoms.